The van der Waals surface area contributed by atoms with Gasteiger partial charge in [0, 0.05) is 13.5 Å². The Kier molecular flexibility index (Phi) is 1.89. The number of rotatable bonds is 1. The van der Waals surface area contributed by atoms with Gasteiger partial charge in [-0.05, 0) is 0 Å². The molecule has 1 amide bonds. The van der Waals surface area contributed by atoms with Crippen LogP contribution in [0.1, 0.15) is 6.42 Å². The van der Waals surface area contributed by atoms with Gasteiger partial charge in [0.1, 0.15) is 0 Å². The summed E-state index contributed by atoms with van der Waals surface area (Å²) in [5.74, 6) is 0. The maximum Gasteiger partial charge on any atom is 0.409 e. The lowest BCUT2D eigenvalue weighted by molar-refractivity contribution is -0.182. The van der Waals surface area contributed by atoms with Crippen molar-refractivity contribution in [2.24, 2.45) is 0 Å². The Balaban J connectivity index is 2.09. The lowest BCUT2D eigenvalue weighted by Gasteiger charge is -2.25. The van der Waals surface area contributed by atoms with Gasteiger partial charge in [0.15, 0.2) is 0 Å². The third kappa shape index (κ3) is 1.57. The highest BCUT2D eigenvalue weighted by Crippen LogP contribution is 2.11. The van der Waals surface area contributed by atoms with Crippen molar-refractivity contribution in [3.8, 4) is 0 Å². The maximum atomic E-state index is 10.4. The second kappa shape index (κ2) is 2.68. The summed E-state index contributed by atoms with van der Waals surface area (Å²) < 4.78 is 9.48. The number of amides is 1. The topological polar surface area (TPSA) is 47.6 Å². The predicted molar refractivity (Wildman–Crippen MR) is 29.9 cm³/mol. The molecule has 0 saturated carbocycles. The Morgan fingerprint density at radius 2 is 2.56 bits per heavy atom. The van der Waals surface area contributed by atoms with Crippen LogP contribution in [-0.4, -0.2) is 26.0 Å². The van der Waals surface area contributed by atoms with Gasteiger partial charge in [-0.25, -0.2) is 4.79 Å². The Bertz CT molecular complexity index is 111. The molecule has 0 radical (unpaired) electrons. The number of carbonyl (C=O) groups is 1. The number of alkyl carbamates (subject to hydrolysis) is 1. The molecule has 0 aromatic rings. The van der Waals surface area contributed by atoms with Crippen molar-refractivity contribution in [2.75, 3.05) is 13.7 Å². The van der Waals surface area contributed by atoms with Crippen LogP contribution in [-0.2, 0) is 9.47 Å². The highest BCUT2D eigenvalue weighted by Gasteiger charge is 2.21. The normalized spacial score (nSPS) is 24.3. The SMILES string of the molecule is CNC(=O)OC1CCO1. The first-order chi connectivity index (χ1) is 4.33. The summed E-state index contributed by atoms with van der Waals surface area (Å²) in [5, 5.41) is 2.32. The van der Waals surface area contributed by atoms with E-state index in [-0.39, 0.29) is 6.29 Å². The number of hydrogen-bond acceptors (Lipinski definition) is 3. The van der Waals surface area contributed by atoms with Gasteiger partial charge >= 0.3 is 6.09 Å². The molecule has 1 saturated heterocycles. The fourth-order valence-electron chi connectivity index (χ4n) is 0.485. The molecule has 1 aliphatic rings. The van der Waals surface area contributed by atoms with Gasteiger partial charge in [-0.2, -0.15) is 0 Å². The number of ether oxygens (including phenoxy) is 2. The quantitative estimate of drug-likeness (QED) is 0.548. The van der Waals surface area contributed by atoms with Crippen LogP contribution in [0.2, 0.25) is 0 Å². The van der Waals surface area contributed by atoms with Gasteiger partial charge in [-0.1, -0.05) is 0 Å². The molecule has 0 aromatic heterocycles. The Morgan fingerprint density at radius 1 is 1.89 bits per heavy atom. The van der Waals surface area contributed by atoms with Crippen molar-refractivity contribution >= 4 is 6.09 Å². The molecule has 0 bridgehead atoms. The summed E-state index contributed by atoms with van der Waals surface area (Å²) in [7, 11) is 1.51. The van der Waals surface area contributed by atoms with Crippen molar-refractivity contribution in [2.45, 2.75) is 12.7 Å². The molecule has 52 valence electrons. The molecule has 4 nitrogen and oxygen atoms in total. The Hall–Kier alpha value is -0.770. The van der Waals surface area contributed by atoms with E-state index in [1.807, 2.05) is 0 Å². The zero-order valence-corrected chi connectivity index (χ0v) is 5.22. The van der Waals surface area contributed by atoms with Crippen molar-refractivity contribution in [3.63, 3.8) is 0 Å². The minimum atomic E-state index is -0.431. The molecule has 1 rings (SSSR count). The van der Waals surface area contributed by atoms with Crippen molar-refractivity contribution in [1.82, 2.24) is 5.32 Å². The fraction of sp³-hybridized carbons (Fsp3) is 0.800. The fourth-order valence-corrected chi connectivity index (χ4v) is 0.485. The van der Waals surface area contributed by atoms with Gasteiger partial charge < -0.3 is 14.8 Å². The summed E-state index contributed by atoms with van der Waals surface area (Å²) in [5.41, 5.74) is 0. The highest BCUT2D eigenvalue weighted by molar-refractivity contribution is 5.66. The molecule has 9 heavy (non-hydrogen) atoms. The van der Waals surface area contributed by atoms with Gasteiger partial charge in [0.2, 0.25) is 6.29 Å². The average molecular weight is 131 g/mol. The van der Waals surface area contributed by atoms with E-state index in [0.29, 0.717) is 6.61 Å². The van der Waals surface area contributed by atoms with Crippen molar-refractivity contribution in [3.05, 3.63) is 0 Å². The monoisotopic (exact) mass is 131 g/mol. The smallest absolute Gasteiger partial charge is 0.409 e. The molecule has 1 aliphatic heterocycles. The molecule has 1 unspecified atom stereocenters. The first kappa shape index (κ1) is 6.35. The van der Waals surface area contributed by atoms with Crippen LogP contribution in [0.15, 0.2) is 0 Å². The molecule has 1 atom stereocenters. The molecular formula is C5H9NO3. The lowest BCUT2D eigenvalue weighted by Crippen LogP contribution is -2.35. The molecule has 0 aromatic carbocycles. The molecule has 1 fully saturated rings. The first-order valence-corrected chi connectivity index (χ1v) is 2.83. The van der Waals surface area contributed by atoms with Crippen molar-refractivity contribution < 1.29 is 14.3 Å². The van der Waals surface area contributed by atoms with Crippen LogP contribution in [0.4, 0.5) is 4.79 Å². The second-order valence-corrected chi connectivity index (χ2v) is 1.74. The molecule has 0 spiro atoms. The van der Waals surface area contributed by atoms with E-state index in [9.17, 15) is 4.79 Å². The van der Waals surface area contributed by atoms with Crippen LogP contribution < -0.4 is 5.32 Å². The van der Waals surface area contributed by atoms with E-state index in [2.05, 4.69) is 10.1 Å². The molecule has 0 aliphatic carbocycles. The van der Waals surface area contributed by atoms with Crippen molar-refractivity contribution in [1.29, 1.82) is 0 Å². The van der Waals surface area contributed by atoms with Crippen LogP contribution in [0.25, 0.3) is 0 Å². The van der Waals surface area contributed by atoms with Gasteiger partial charge in [0.05, 0.1) is 6.61 Å². The summed E-state index contributed by atoms with van der Waals surface area (Å²) in [4.78, 5) is 10.4. The first-order valence-electron chi connectivity index (χ1n) is 2.83. The van der Waals surface area contributed by atoms with Gasteiger partial charge in [0.25, 0.3) is 0 Å². The van der Waals surface area contributed by atoms with E-state index in [1.165, 1.54) is 7.05 Å². The Labute approximate surface area is 53.1 Å². The number of nitrogens with one attached hydrogen (secondary N) is 1. The van der Waals surface area contributed by atoms with E-state index in [4.69, 9.17) is 4.74 Å². The minimum Gasteiger partial charge on any atom is -0.420 e. The highest BCUT2D eigenvalue weighted by atomic mass is 16.7. The minimum absolute atomic E-state index is 0.301. The third-order valence-electron chi connectivity index (χ3n) is 1.10. The van der Waals surface area contributed by atoms with Crippen LogP contribution in [0.5, 0.6) is 0 Å². The number of hydrogen-bond donors (Lipinski definition) is 1. The predicted octanol–water partition coefficient (Wildman–Crippen LogP) is 0.0888. The average Bonchev–Trinajstić information content (AvgIpc) is 1.78. The summed E-state index contributed by atoms with van der Waals surface area (Å²) >= 11 is 0. The van der Waals surface area contributed by atoms with Crippen LogP contribution >= 0.6 is 0 Å². The molecule has 4 heteroatoms. The third-order valence-corrected chi connectivity index (χ3v) is 1.10. The second-order valence-electron chi connectivity index (χ2n) is 1.74. The largest absolute Gasteiger partial charge is 0.420 e. The Morgan fingerprint density at radius 3 is 2.89 bits per heavy atom. The van der Waals surface area contributed by atoms with Gasteiger partial charge in [-0.3, -0.25) is 0 Å². The lowest BCUT2D eigenvalue weighted by atomic mass is 10.3. The van der Waals surface area contributed by atoms with E-state index in [0.717, 1.165) is 6.42 Å². The van der Waals surface area contributed by atoms with E-state index < -0.39 is 6.09 Å². The molecular weight excluding hydrogens is 122 g/mol. The zero-order chi connectivity index (χ0) is 6.69. The molecule has 1 N–H and O–H groups in total. The maximum absolute atomic E-state index is 10.4. The number of carbonyl (C=O) groups excluding carboxylic acids is 1. The summed E-state index contributed by atoms with van der Waals surface area (Å²) in [6.07, 6.45) is 0.0811. The van der Waals surface area contributed by atoms with E-state index >= 15 is 0 Å². The van der Waals surface area contributed by atoms with Crippen LogP contribution in [0, 0.1) is 0 Å². The van der Waals surface area contributed by atoms with Crippen LogP contribution in [0.3, 0.4) is 0 Å². The standard InChI is InChI=1S/C5H9NO3/c1-6-5(7)9-4-2-3-8-4/h4H,2-3H2,1H3,(H,6,7). The van der Waals surface area contributed by atoms with E-state index in [1.54, 1.807) is 0 Å². The summed E-state index contributed by atoms with van der Waals surface area (Å²) in [6, 6.07) is 0. The zero-order valence-electron chi connectivity index (χ0n) is 5.22. The summed E-state index contributed by atoms with van der Waals surface area (Å²) in [6.45, 7) is 0.696. The van der Waals surface area contributed by atoms with Gasteiger partial charge in [-0.15, -0.1) is 0 Å². The molecule has 1 heterocycles.